The minimum absolute atomic E-state index is 0.0775. The second-order valence-electron chi connectivity index (χ2n) is 7.40. The summed E-state index contributed by atoms with van der Waals surface area (Å²) in [4.78, 5) is 30.1. The van der Waals surface area contributed by atoms with E-state index in [0.717, 1.165) is 0 Å². The number of rotatable bonds is 4. The highest BCUT2D eigenvalue weighted by atomic mass is 35.5. The molecule has 0 spiro atoms. The maximum Gasteiger partial charge on any atom is 0.252 e. The molecule has 1 aliphatic heterocycles. The fourth-order valence-electron chi connectivity index (χ4n) is 3.72. The number of aromatic nitrogens is 2. The maximum atomic E-state index is 13.9. The Morgan fingerprint density at radius 1 is 1.12 bits per heavy atom. The number of primary amides is 1. The lowest BCUT2D eigenvalue weighted by Crippen LogP contribution is -2.40. The number of nitrogens with two attached hydrogens (primary N) is 1. The van der Waals surface area contributed by atoms with Gasteiger partial charge in [-0.05, 0) is 17.7 Å². The summed E-state index contributed by atoms with van der Waals surface area (Å²) in [6.45, 7) is 7.88. The van der Waals surface area contributed by atoms with Crippen LogP contribution in [0.3, 0.4) is 0 Å². The van der Waals surface area contributed by atoms with E-state index in [0.29, 0.717) is 35.6 Å². The van der Waals surface area contributed by atoms with Crippen molar-refractivity contribution in [2.75, 3.05) is 6.54 Å². The van der Waals surface area contributed by atoms with Crippen molar-refractivity contribution < 1.29 is 14.0 Å². The Balaban J connectivity index is 1.64. The van der Waals surface area contributed by atoms with E-state index in [1.807, 2.05) is 0 Å². The Bertz CT molecular complexity index is 1330. The average Bonchev–Trinajstić information content (AvgIpc) is 3.16. The van der Waals surface area contributed by atoms with Gasteiger partial charge in [0.2, 0.25) is 11.6 Å². The largest absolute Gasteiger partial charge is 0.365 e. The standard InChI is InChI=1S/C22H15Cl3FN5O2/c1-28-16-3-2-11(6-13(16)23)7-18(32)30-4-5-31-17(10-30)19(22(27)33)21(29-31)12-8-14(24)20(26)15(25)9-12/h2-3,6,8-9H,4-5,7,10H2,(H2,27,33). The van der Waals surface area contributed by atoms with Crippen molar-refractivity contribution in [2.45, 2.75) is 19.5 Å². The van der Waals surface area contributed by atoms with Gasteiger partial charge in [0.15, 0.2) is 5.82 Å². The van der Waals surface area contributed by atoms with Gasteiger partial charge in [0.1, 0.15) is 5.69 Å². The van der Waals surface area contributed by atoms with Crippen molar-refractivity contribution >= 4 is 52.3 Å². The van der Waals surface area contributed by atoms with Gasteiger partial charge in [-0.3, -0.25) is 14.3 Å². The predicted octanol–water partition coefficient (Wildman–Crippen LogP) is 4.88. The number of carbonyl (C=O) groups is 2. The van der Waals surface area contributed by atoms with Gasteiger partial charge in [0.05, 0.1) is 47.4 Å². The van der Waals surface area contributed by atoms with E-state index in [9.17, 15) is 14.0 Å². The number of carbonyl (C=O) groups excluding carboxylic acids is 2. The van der Waals surface area contributed by atoms with Gasteiger partial charge in [-0.15, -0.1) is 0 Å². The number of nitrogens with zero attached hydrogens (tertiary/aromatic N) is 4. The van der Waals surface area contributed by atoms with Crippen molar-refractivity contribution in [1.29, 1.82) is 0 Å². The van der Waals surface area contributed by atoms with Gasteiger partial charge in [-0.25, -0.2) is 9.24 Å². The lowest BCUT2D eigenvalue weighted by molar-refractivity contribution is -0.132. The Hall–Kier alpha value is -3.12. The fourth-order valence-corrected chi connectivity index (χ4v) is 4.45. The molecule has 33 heavy (non-hydrogen) atoms. The smallest absolute Gasteiger partial charge is 0.252 e. The number of amides is 2. The molecule has 0 fully saturated rings. The zero-order valence-electron chi connectivity index (χ0n) is 16.9. The van der Waals surface area contributed by atoms with Crippen LogP contribution >= 0.6 is 34.8 Å². The molecule has 2 N–H and O–H groups in total. The van der Waals surface area contributed by atoms with Crippen LogP contribution in [0.5, 0.6) is 0 Å². The van der Waals surface area contributed by atoms with E-state index in [2.05, 4.69) is 9.94 Å². The van der Waals surface area contributed by atoms with E-state index >= 15 is 0 Å². The monoisotopic (exact) mass is 505 g/mol. The Morgan fingerprint density at radius 2 is 1.82 bits per heavy atom. The SMILES string of the molecule is [C-]#[N+]c1ccc(CC(=O)N2CCn3nc(-c4cc(Cl)c(F)c(Cl)c4)c(C(N)=O)c3C2)cc1Cl. The summed E-state index contributed by atoms with van der Waals surface area (Å²) in [5, 5.41) is 4.32. The van der Waals surface area contributed by atoms with Crippen LogP contribution in [0.25, 0.3) is 16.1 Å². The molecule has 0 radical (unpaired) electrons. The Labute approximate surface area is 203 Å². The topological polar surface area (TPSA) is 85.6 Å². The summed E-state index contributed by atoms with van der Waals surface area (Å²) in [7, 11) is 0. The van der Waals surface area contributed by atoms with E-state index in [-0.39, 0.29) is 45.2 Å². The van der Waals surface area contributed by atoms with Crippen molar-refractivity contribution in [3.05, 3.63) is 79.5 Å². The van der Waals surface area contributed by atoms with Crippen LogP contribution in [0.4, 0.5) is 10.1 Å². The lowest BCUT2D eigenvalue weighted by Gasteiger charge is -2.28. The molecule has 168 valence electrons. The fraction of sp³-hybridized carbons (Fsp3) is 0.182. The molecule has 1 aliphatic rings. The molecule has 0 saturated carbocycles. The van der Waals surface area contributed by atoms with E-state index in [1.54, 1.807) is 27.8 Å². The molecule has 0 atom stereocenters. The van der Waals surface area contributed by atoms with E-state index in [4.69, 9.17) is 47.1 Å². The number of hydrogen-bond donors (Lipinski definition) is 1. The highest BCUT2D eigenvalue weighted by molar-refractivity contribution is 6.35. The number of hydrogen-bond acceptors (Lipinski definition) is 3. The molecule has 7 nitrogen and oxygen atoms in total. The highest BCUT2D eigenvalue weighted by Gasteiger charge is 2.30. The number of halogens is 4. The average molecular weight is 507 g/mol. The van der Waals surface area contributed by atoms with Crippen LogP contribution in [0.1, 0.15) is 21.6 Å². The molecule has 0 unspecified atom stereocenters. The first-order chi connectivity index (χ1) is 15.7. The molecular weight excluding hydrogens is 492 g/mol. The number of fused-ring (bicyclic) bond motifs is 1. The predicted molar refractivity (Wildman–Crippen MR) is 123 cm³/mol. The first-order valence-electron chi connectivity index (χ1n) is 9.67. The molecular formula is C22H15Cl3FN5O2. The maximum absolute atomic E-state index is 13.9. The van der Waals surface area contributed by atoms with Crippen LogP contribution in [0.15, 0.2) is 30.3 Å². The molecule has 4 rings (SSSR count). The van der Waals surface area contributed by atoms with Crippen molar-refractivity contribution in [3.8, 4) is 11.3 Å². The first kappa shape index (κ1) is 23.1. The van der Waals surface area contributed by atoms with Crippen LogP contribution in [-0.4, -0.2) is 33.0 Å². The molecule has 3 aromatic rings. The summed E-state index contributed by atoms with van der Waals surface area (Å²) in [5.41, 5.74) is 7.77. The third-order valence-corrected chi connectivity index (χ3v) is 6.18. The zero-order chi connectivity index (χ0) is 23.9. The summed E-state index contributed by atoms with van der Waals surface area (Å²) >= 11 is 17.9. The van der Waals surface area contributed by atoms with Crippen LogP contribution < -0.4 is 5.73 Å². The quantitative estimate of drug-likeness (QED) is 0.404. The molecule has 0 aliphatic carbocycles. The van der Waals surface area contributed by atoms with Crippen molar-refractivity contribution in [1.82, 2.24) is 14.7 Å². The Kier molecular flexibility index (Phi) is 6.30. The van der Waals surface area contributed by atoms with Gasteiger partial charge >= 0.3 is 0 Å². The van der Waals surface area contributed by atoms with Crippen molar-refractivity contribution in [2.24, 2.45) is 5.73 Å². The van der Waals surface area contributed by atoms with Crippen LogP contribution in [0.2, 0.25) is 15.1 Å². The van der Waals surface area contributed by atoms with Crippen LogP contribution in [0, 0.1) is 12.4 Å². The Morgan fingerprint density at radius 3 is 2.42 bits per heavy atom. The minimum atomic E-state index is -0.770. The van der Waals surface area contributed by atoms with Gasteiger partial charge in [-0.1, -0.05) is 53.0 Å². The summed E-state index contributed by atoms with van der Waals surface area (Å²) in [6, 6.07) is 7.49. The van der Waals surface area contributed by atoms with Crippen LogP contribution in [-0.2, 0) is 24.3 Å². The van der Waals surface area contributed by atoms with Gasteiger partial charge in [-0.2, -0.15) is 5.10 Å². The molecule has 0 bridgehead atoms. The molecule has 2 aromatic carbocycles. The van der Waals surface area contributed by atoms with Crippen molar-refractivity contribution in [3.63, 3.8) is 0 Å². The third kappa shape index (κ3) is 4.40. The molecule has 11 heteroatoms. The van der Waals surface area contributed by atoms with Gasteiger partial charge in [0, 0.05) is 17.1 Å². The second-order valence-corrected chi connectivity index (χ2v) is 8.62. The normalized spacial score (nSPS) is 12.9. The minimum Gasteiger partial charge on any atom is -0.365 e. The number of benzene rings is 2. The molecule has 2 heterocycles. The lowest BCUT2D eigenvalue weighted by atomic mass is 10.0. The van der Waals surface area contributed by atoms with Gasteiger partial charge < -0.3 is 10.6 Å². The summed E-state index contributed by atoms with van der Waals surface area (Å²) < 4.78 is 15.5. The second kappa shape index (κ2) is 9.02. The van der Waals surface area contributed by atoms with Gasteiger partial charge in [0.25, 0.3) is 5.91 Å². The van der Waals surface area contributed by atoms with E-state index in [1.165, 1.54) is 12.1 Å². The first-order valence-corrected chi connectivity index (χ1v) is 10.8. The third-order valence-electron chi connectivity index (χ3n) is 5.32. The molecule has 1 aromatic heterocycles. The molecule has 0 saturated heterocycles. The van der Waals surface area contributed by atoms with E-state index < -0.39 is 11.7 Å². The molecule has 2 amide bonds. The summed E-state index contributed by atoms with van der Waals surface area (Å²) in [5.74, 6) is -1.69. The zero-order valence-corrected chi connectivity index (χ0v) is 19.2. The highest BCUT2D eigenvalue weighted by Crippen LogP contribution is 2.34. The summed E-state index contributed by atoms with van der Waals surface area (Å²) in [6.07, 6.45) is 0.0775.